The van der Waals surface area contributed by atoms with Crippen molar-refractivity contribution in [3.05, 3.63) is 64.7 Å². The second kappa shape index (κ2) is 7.51. The molecular formula is C19H23ClO. The highest BCUT2D eigenvalue weighted by atomic mass is 35.5. The standard InChI is InChI=1S/C19H23ClO/c1-14-4-5-15(2)18(10-14)12-17(13-20)11-16-6-8-19(21-3)9-7-16/h4-10,17H,11-13H2,1-3H3. The van der Waals surface area contributed by atoms with Gasteiger partial charge in [-0.15, -0.1) is 11.6 Å². The molecule has 21 heavy (non-hydrogen) atoms. The molecule has 0 heterocycles. The molecule has 0 saturated heterocycles. The second-order valence-corrected chi connectivity index (χ2v) is 6.02. The van der Waals surface area contributed by atoms with Crippen LogP contribution in [0.5, 0.6) is 5.75 Å². The number of methoxy groups -OCH3 is 1. The van der Waals surface area contributed by atoms with E-state index in [4.69, 9.17) is 16.3 Å². The number of rotatable bonds is 6. The molecule has 0 aromatic heterocycles. The van der Waals surface area contributed by atoms with Gasteiger partial charge in [0.1, 0.15) is 5.75 Å². The van der Waals surface area contributed by atoms with E-state index in [0.29, 0.717) is 11.8 Å². The quantitative estimate of drug-likeness (QED) is 0.686. The molecule has 1 nitrogen and oxygen atoms in total. The number of ether oxygens (including phenoxy) is 1. The van der Waals surface area contributed by atoms with Crippen LogP contribution in [0.15, 0.2) is 42.5 Å². The van der Waals surface area contributed by atoms with E-state index in [9.17, 15) is 0 Å². The summed E-state index contributed by atoms with van der Waals surface area (Å²) in [7, 11) is 1.69. The summed E-state index contributed by atoms with van der Waals surface area (Å²) >= 11 is 6.19. The third-order valence-electron chi connectivity index (χ3n) is 3.91. The summed E-state index contributed by atoms with van der Waals surface area (Å²) in [5.41, 5.74) is 5.39. The van der Waals surface area contributed by atoms with Crippen LogP contribution in [0, 0.1) is 19.8 Å². The fourth-order valence-corrected chi connectivity index (χ4v) is 2.83. The molecule has 2 rings (SSSR count). The van der Waals surface area contributed by atoms with Crippen LogP contribution in [-0.4, -0.2) is 13.0 Å². The van der Waals surface area contributed by atoms with Crippen molar-refractivity contribution in [3.63, 3.8) is 0 Å². The molecule has 0 aliphatic rings. The van der Waals surface area contributed by atoms with Gasteiger partial charge in [-0.3, -0.25) is 0 Å². The Hall–Kier alpha value is -1.47. The molecule has 1 atom stereocenters. The highest BCUT2D eigenvalue weighted by Crippen LogP contribution is 2.21. The SMILES string of the molecule is COc1ccc(CC(CCl)Cc2cc(C)ccc2C)cc1. The molecule has 2 aromatic rings. The van der Waals surface area contributed by atoms with Gasteiger partial charge in [-0.1, -0.05) is 35.9 Å². The normalized spacial score (nSPS) is 12.2. The zero-order valence-electron chi connectivity index (χ0n) is 13.0. The first-order valence-corrected chi connectivity index (χ1v) is 7.91. The van der Waals surface area contributed by atoms with E-state index in [1.165, 1.54) is 22.3 Å². The van der Waals surface area contributed by atoms with Crippen LogP contribution in [0.3, 0.4) is 0 Å². The van der Waals surface area contributed by atoms with Crippen molar-refractivity contribution < 1.29 is 4.74 Å². The minimum absolute atomic E-state index is 0.459. The van der Waals surface area contributed by atoms with Crippen LogP contribution >= 0.6 is 11.6 Å². The largest absolute Gasteiger partial charge is 0.497 e. The fourth-order valence-electron chi connectivity index (χ4n) is 2.61. The monoisotopic (exact) mass is 302 g/mol. The number of halogens is 1. The smallest absolute Gasteiger partial charge is 0.118 e. The lowest BCUT2D eigenvalue weighted by atomic mass is 9.91. The molecule has 2 aromatic carbocycles. The fraction of sp³-hybridized carbons (Fsp3) is 0.368. The zero-order valence-corrected chi connectivity index (χ0v) is 13.8. The summed E-state index contributed by atoms with van der Waals surface area (Å²) in [5.74, 6) is 2.04. The van der Waals surface area contributed by atoms with Gasteiger partial charge in [0.05, 0.1) is 7.11 Å². The molecule has 0 N–H and O–H groups in total. The number of hydrogen-bond donors (Lipinski definition) is 0. The summed E-state index contributed by atoms with van der Waals surface area (Å²) < 4.78 is 5.20. The molecule has 0 fully saturated rings. The first-order chi connectivity index (χ1) is 10.1. The summed E-state index contributed by atoms with van der Waals surface area (Å²) in [5, 5.41) is 0. The molecule has 0 spiro atoms. The highest BCUT2D eigenvalue weighted by molar-refractivity contribution is 6.18. The van der Waals surface area contributed by atoms with E-state index in [-0.39, 0.29) is 0 Å². The van der Waals surface area contributed by atoms with E-state index in [0.717, 1.165) is 18.6 Å². The van der Waals surface area contributed by atoms with Crippen molar-refractivity contribution in [1.82, 2.24) is 0 Å². The Bertz CT molecular complexity index is 575. The van der Waals surface area contributed by atoms with Crippen molar-refractivity contribution >= 4 is 11.6 Å². The number of aryl methyl sites for hydroxylation is 2. The van der Waals surface area contributed by atoms with E-state index in [1.54, 1.807) is 7.11 Å². The first kappa shape index (κ1) is 15.9. The van der Waals surface area contributed by atoms with E-state index in [2.05, 4.69) is 44.2 Å². The Kier molecular flexibility index (Phi) is 5.69. The van der Waals surface area contributed by atoms with E-state index < -0.39 is 0 Å². The predicted molar refractivity (Wildman–Crippen MR) is 90.5 cm³/mol. The maximum atomic E-state index is 6.19. The van der Waals surface area contributed by atoms with Gasteiger partial charge in [0.15, 0.2) is 0 Å². The molecule has 0 amide bonds. The average molecular weight is 303 g/mol. The third-order valence-corrected chi connectivity index (χ3v) is 4.35. The van der Waals surface area contributed by atoms with Crippen molar-refractivity contribution in [2.24, 2.45) is 5.92 Å². The van der Waals surface area contributed by atoms with Gasteiger partial charge >= 0.3 is 0 Å². The lowest BCUT2D eigenvalue weighted by molar-refractivity contribution is 0.414. The van der Waals surface area contributed by atoms with Gasteiger partial charge in [0.25, 0.3) is 0 Å². The Morgan fingerprint density at radius 2 is 1.71 bits per heavy atom. The molecule has 112 valence electrons. The molecule has 1 unspecified atom stereocenters. The van der Waals surface area contributed by atoms with Gasteiger partial charge in [-0.2, -0.15) is 0 Å². The van der Waals surface area contributed by atoms with Crippen LogP contribution in [0.2, 0.25) is 0 Å². The minimum atomic E-state index is 0.459. The van der Waals surface area contributed by atoms with Gasteiger partial charge in [0.2, 0.25) is 0 Å². The van der Waals surface area contributed by atoms with E-state index in [1.807, 2.05) is 12.1 Å². The second-order valence-electron chi connectivity index (χ2n) is 5.71. The van der Waals surface area contributed by atoms with Crippen LogP contribution in [-0.2, 0) is 12.8 Å². The van der Waals surface area contributed by atoms with Crippen LogP contribution in [0.4, 0.5) is 0 Å². The molecular weight excluding hydrogens is 280 g/mol. The lowest BCUT2D eigenvalue weighted by Crippen LogP contribution is -2.11. The molecule has 0 bridgehead atoms. The van der Waals surface area contributed by atoms with E-state index >= 15 is 0 Å². The lowest BCUT2D eigenvalue weighted by Gasteiger charge is -2.16. The number of benzene rings is 2. The maximum Gasteiger partial charge on any atom is 0.118 e. The van der Waals surface area contributed by atoms with Gasteiger partial charge in [-0.25, -0.2) is 0 Å². The average Bonchev–Trinajstić information content (AvgIpc) is 2.51. The van der Waals surface area contributed by atoms with Crippen molar-refractivity contribution in [2.75, 3.05) is 13.0 Å². The summed E-state index contributed by atoms with van der Waals surface area (Å²) in [6, 6.07) is 14.9. The van der Waals surface area contributed by atoms with Crippen molar-refractivity contribution in [3.8, 4) is 5.75 Å². The maximum absolute atomic E-state index is 6.19. The Labute approximate surface area is 132 Å². The number of hydrogen-bond acceptors (Lipinski definition) is 1. The molecule has 2 heteroatoms. The van der Waals surface area contributed by atoms with Crippen molar-refractivity contribution in [2.45, 2.75) is 26.7 Å². The van der Waals surface area contributed by atoms with Crippen LogP contribution in [0.25, 0.3) is 0 Å². The molecule has 0 radical (unpaired) electrons. The first-order valence-electron chi connectivity index (χ1n) is 7.37. The van der Waals surface area contributed by atoms with Crippen LogP contribution < -0.4 is 4.74 Å². The van der Waals surface area contributed by atoms with Gasteiger partial charge in [0, 0.05) is 5.88 Å². The molecule has 0 aliphatic carbocycles. The van der Waals surface area contributed by atoms with Gasteiger partial charge < -0.3 is 4.74 Å². The summed E-state index contributed by atoms with van der Waals surface area (Å²) in [6.07, 6.45) is 2.03. The predicted octanol–water partition coefficient (Wildman–Crippen LogP) is 4.95. The van der Waals surface area contributed by atoms with Crippen LogP contribution in [0.1, 0.15) is 22.3 Å². The number of alkyl halides is 1. The Morgan fingerprint density at radius 3 is 2.33 bits per heavy atom. The van der Waals surface area contributed by atoms with Crippen molar-refractivity contribution in [1.29, 1.82) is 0 Å². The molecule has 0 saturated carbocycles. The Balaban J connectivity index is 2.07. The third kappa shape index (κ3) is 4.50. The summed E-state index contributed by atoms with van der Waals surface area (Å²) in [6.45, 7) is 4.32. The molecule has 0 aliphatic heterocycles. The highest BCUT2D eigenvalue weighted by Gasteiger charge is 2.11. The zero-order chi connectivity index (χ0) is 15.2. The minimum Gasteiger partial charge on any atom is -0.497 e. The summed E-state index contributed by atoms with van der Waals surface area (Å²) in [4.78, 5) is 0. The Morgan fingerprint density at radius 1 is 1.00 bits per heavy atom. The topological polar surface area (TPSA) is 9.23 Å². The van der Waals surface area contributed by atoms with Gasteiger partial charge in [-0.05, 0) is 61.4 Å².